The van der Waals surface area contributed by atoms with Crippen LogP contribution in [0.4, 0.5) is 0 Å². The highest BCUT2D eigenvalue weighted by Gasteiger charge is 2.33. The maximum Gasteiger partial charge on any atom is 0.226 e. The molecule has 3 atom stereocenters. The molecule has 0 spiro atoms. The number of aliphatic hydroxyl groups excluding tert-OH is 2. The van der Waals surface area contributed by atoms with Crippen LogP contribution in [0.15, 0.2) is 17.8 Å². The number of aromatic nitrogens is 2. The van der Waals surface area contributed by atoms with Gasteiger partial charge in [0.25, 0.3) is 0 Å². The number of aliphatic hydroxyl groups is 2. The molecule has 3 rings (SSSR count). The molecule has 1 saturated heterocycles. The highest BCUT2D eigenvalue weighted by Crippen LogP contribution is 2.15. The Morgan fingerprint density at radius 1 is 1.62 bits per heavy atom. The number of nitrogens with zero attached hydrogens (tertiary/aromatic N) is 2. The van der Waals surface area contributed by atoms with E-state index in [1.807, 2.05) is 22.2 Å². The van der Waals surface area contributed by atoms with Crippen molar-refractivity contribution < 1.29 is 19.7 Å². The predicted molar refractivity (Wildman–Crippen MR) is 76.2 cm³/mol. The Hall–Kier alpha value is -1.48. The summed E-state index contributed by atoms with van der Waals surface area (Å²) >= 11 is 1.51. The standard InChI is InChI=1S/C13H17N3O4S/c17-7-10-12(19)9(1-3-20-10)15-11(18)5-8-6-16-2-4-21-13(16)14-8/h2,4,6,9-10,12,17,19H,1,3,5,7H2,(H,15,18)/t9-,10+,12-/m0/s1. The lowest BCUT2D eigenvalue weighted by atomic mass is 10.00. The summed E-state index contributed by atoms with van der Waals surface area (Å²) in [7, 11) is 0. The summed E-state index contributed by atoms with van der Waals surface area (Å²) in [6.45, 7) is 0.151. The summed E-state index contributed by atoms with van der Waals surface area (Å²) in [5, 5.41) is 23.8. The molecule has 0 bridgehead atoms. The third-order valence-electron chi connectivity index (χ3n) is 3.57. The molecule has 8 heteroatoms. The van der Waals surface area contributed by atoms with Gasteiger partial charge in [0.2, 0.25) is 5.91 Å². The highest BCUT2D eigenvalue weighted by atomic mass is 32.1. The summed E-state index contributed by atoms with van der Waals surface area (Å²) in [6.07, 6.45) is 2.88. The number of nitrogens with one attached hydrogen (secondary N) is 1. The third kappa shape index (κ3) is 3.08. The molecular weight excluding hydrogens is 294 g/mol. The first-order valence-corrected chi connectivity index (χ1v) is 7.66. The third-order valence-corrected chi connectivity index (χ3v) is 4.34. The van der Waals surface area contributed by atoms with E-state index in [2.05, 4.69) is 10.3 Å². The molecule has 1 aliphatic rings. The summed E-state index contributed by atoms with van der Waals surface area (Å²) < 4.78 is 7.11. The van der Waals surface area contributed by atoms with E-state index >= 15 is 0 Å². The fraction of sp³-hybridized carbons (Fsp3) is 0.538. The summed E-state index contributed by atoms with van der Waals surface area (Å²) in [5.41, 5.74) is 0.694. The molecule has 2 aromatic rings. The maximum atomic E-state index is 12.0. The number of thiazole rings is 1. The first kappa shape index (κ1) is 14.5. The summed E-state index contributed by atoms with van der Waals surface area (Å²) in [6, 6.07) is -0.396. The van der Waals surface area contributed by atoms with E-state index in [4.69, 9.17) is 9.84 Å². The molecule has 0 aromatic carbocycles. The number of amides is 1. The Kier molecular flexibility index (Phi) is 4.20. The van der Waals surface area contributed by atoms with Crippen molar-refractivity contribution in [2.45, 2.75) is 31.1 Å². The first-order chi connectivity index (χ1) is 10.2. The van der Waals surface area contributed by atoms with E-state index in [1.54, 1.807) is 0 Å². The van der Waals surface area contributed by atoms with Gasteiger partial charge < -0.3 is 20.3 Å². The van der Waals surface area contributed by atoms with Crippen molar-refractivity contribution in [1.82, 2.24) is 14.7 Å². The zero-order chi connectivity index (χ0) is 14.8. The molecule has 1 aliphatic heterocycles. The largest absolute Gasteiger partial charge is 0.394 e. The number of fused-ring (bicyclic) bond motifs is 1. The predicted octanol–water partition coefficient (Wildman–Crippen LogP) is -0.435. The molecule has 7 nitrogen and oxygen atoms in total. The molecule has 0 radical (unpaired) electrons. The van der Waals surface area contributed by atoms with Gasteiger partial charge in [-0.3, -0.25) is 9.20 Å². The Morgan fingerprint density at radius 3 is 3.24 bits per heavy atom. The average molecular weight is 311 g/mol. The van der Waals surface area contributed by atoms with Crippen molar-refractivity contribution in [3.63, 3.8) is 0 Å². The lowest BCUT2D eigenvalue weighted by Gasteiger charge is -2.34. The molecule has 0 unspecified atom stereocenters. The Labute approximate surface area is 125 Å². The van der Waals surface area contributed by atoms with Crippen LogP contribution in [-0.4, -0.2) is 57.0 Å². The number of hydrogen-bond donors (Lipinski definition) is 3. The van der Waals surface area contributed by atoms with E-state index in [0.29, 0.717) is 18.7 Å². The van der Waals surface area contributed by atoms with Crippen LogP contribution >= 0.6 is 11.3 Å². The van der Waals surface area contributed by atoms with Crippen molar-refractivity contribution in [3.8, 4) is 0 Å². The Balaban J connectivity index is 1.59. The van der Waals surface area contributed by atoms with E-state index in [1.165, 1.54) is 11.3 Å². The number of ether oxygens (including phenoxy) is 1. The van der Waals surface area contributed by atoms with Gasteiger partial charge in [-0.1, -0.05) is 0 Å². The summed E-state index contributed by atoms with van der Waals surface area (Å²) in [4.78, 5) is 17.2. The van der Waals surface area contributed by atoms with Crippen molar-refractivity contribution in [2.75, 3.05) is 13.2 Å². The van der Waals surface area contributed by atoms with Gasteiger partial charge in [-0.2, -0.15) is 0 Å². The van der Waals surface area contributed by atoms with Gasteiger partial charge >= 0.3 is 0 Å². The van der Waals surface area contributed by atoms with Crippen LogP contribution in [-0.2, 0) is 16.0 Å². The number of rotatable bonds is 4. The van der Waals surface area contributed by atoms with Gasteiger partial charge in [-0.15, -0.1) is 11.3 Å². The lowest BCUT2D eigenvalue weighted by molar-refractivity contribution is -0.131. The minimum Gasteiger partial charge on any atom is -0.394 e. The fourth-order valence-corrected chi connectivity index (χ4v) is 3.20. The lowest BCUT2D eigenvalue weighted by Crippen LogP contribution is -2.54. The molecule has 1 amide bonds. The van der Waals surface area contributed by atoms with Crippen molar-refractivity contribution in [1.29, 1.82) is 0 Å². The van der Waals surface area contributed by atoms with Gasteiger partial charge in [0.05, 0.1) is 24.8 Å². The van der Waals surface area contributed by atoms with Crippen molar-refractivity contribution in [3.05, 3.63) is 23.5 Å². The number of imidazole rings is 1. The normalized spacial score (nSPS) is 26.1. The molecule has 21 heavy (non-hydrogen) atoms. The molecule has 114 valence electrons. The van der Waals surface area contributed by atoms with E-state index < -0.39 is 18.2 Å². The molecule has 3 N–H and O–H groups in total. The maximum absolute atomic E-state index is 12.0. The van der Waals surface area contributed by atoms with Crippen LogP contribution in [0, 0.1) is 0 Å². The van der Waals surface area contributed by atoms with Crippen LogP contribution in [0.5, 0.6) is 0 Å². The fourth-order valence-electron chi connectivity index (χ4n) is 2.48. The van der Waals surface area contributed by atoms with Crippen molar-refractivity contribution in [2.24, 2.45) is 0 Å². The zero-order valence-corrected chi connectivity index (χ0v) is 12.1. The molecule has 0 saturated carbocycles. The summed E-state index contributed by atoms with van der Waals surface area (Å²) in [5.74, 6) is -0.191. The zero-order valence-electron chi connectivity index (χ0n) is 11.3. The molecule has 1 fully saturated rings. The topological polar surface area (TPSA) is 96.1 Å². The van der Waals surface area contributed by atoms with E-state index in [0.717, 1.165) is 4.96 Å². The van der Waals surface area contributed by atoms with Crippen LogP contribution in [0.1, 0.15) is 12.1 Å². The van der Waals surface area contributed by atoms with Gasteiger partial charge in [-0.05, 0) is 6.42 Å². The smallest absolute Gasteiger partial charge is 0.226 e. The Bertz CT molecular complexity index is 597. The molecule has 0 aliphatic carbocycles. The monoisotopic (exact) mass is 311 g/mol. The first-order valence-electron chi connectivity index (χ1n) is 6.78. The van der Waals surface area contributed by atoms with Gasteiger partial charge in [0, 0.05) is 24.4 Å². The highest BCUT2D eigenvalue weighted by molar-refractivity contribution is 7.15. The number of hydrogen-bond acceptors (Lipinski definition) is 6. The molecule has 2 aromatic heterocycles. The minimum absolute atomic E-state index is 0.169. The number of carbonyl (C=O) groups excluding carboxylic acids is 1. The quantitative estimate of drug-likeness (QED) is 0.712. The minimum atomic E-state index is -0.891. The SMILES string of the molecule is O=C(Cc1cn2ccsc2n1)N[C@H]1CCO[C@H](CO)[C@H]1O. The van der Waals surface area contributed by atoms with Gasteiger partial charge in [0.1, 0.15) is 12.2 Å². The van der Waals surface area contributed by atoms with Gasteiger partial charge in [-0.25, -0.2) is 4.98 Å². The van der Waals surface area contributed by atoms with E-state index in [-0.39, 0.29) is 18.9 Å². The molecular formula is C13H17N3O4S. The van der Waals surface area contributed by atoms with Gasteiger partial charge in [0.15, 0.2) is 4.96 Å². The second kappa shape index (κ2) is 6.10. The average Bonchev–Trinajstić information content (AvgIpc) is 3.02. The van der Waals surface area contributed by atoms with Crippen LogP contribution in [0.3, 0.4) is 0 Å². The Morgan fingerprint density at radius 2 is 2.48 bits per heavy atom. The molecule has 3 heterocycles. The van der Waals surface area contributed by atoms with Crippen LogP contribution in [0.2, 0.25) is 0 Å². The second-order valence-corrected chi connectivity index (χ2v) is 5.92. The van der Waals surface area contributed by atoms with E-state index in [9.17, 15) is 9.90 Å². The van der Waals surface area contributed by atoms with Crippen molar-refractivity contribution >= 4 is 22.2 Å². The van der Waals surface area contributed by atoms with Crippen LogP contribution < -0.4 is 5.32 Å². The number of carbonyl (C=O) groups is 1. The second-order valence-electron chi connectivity index (χ2n) is 5.05. The van der Waals surface area contributed by atoms with Crippen LogP contribution in [0.25, 0.3) is 4.96 Å².